The Bertz CT molecular complexity index is 653. The fourth-order valence-corrected chi connectivity index (χ4v) is 2.41. The molecule has 0 saturated carbocycles. The van der Waals surface area contributed by atoms with Gasteiger partial charge in [0.1, 0.15) is 18.0 Å². The van der Waals surface area contributed by atoms with Crippen LogP contribution in [-0.2, 0) is 4.74 Å². The molecule has 1 unspecified atom stereocenters. The highest BCUT2D eigenvalue weighted by Crippen LogP contribution is 2.37. The minimum absolute atomic E-state index is 0.0351. The monoisotopic (exact) mass is 314 g/mol. The molecule has 0 spiro atoms. The van der Waals surface area contributed by atoms with Gasteiger partial charge in [-0.15, -0.1) is 0 Å². The average molecular weight is 315 g/mol. The maximum absolute atomic E-state index is 11.9. The number of rotatable bonds is 2. The van der Waals surface area contributed by atoms with Gasteiger partial charge in [0.2, 0.25) is 0 Å². The number of anilines is 1. The topological polar surface area (TPSA) is 137 Å². The minimum Gasteiger partial charge on any atom is -0.391 e. The summed E-state index contributed by atoms with van der Waals surface area (Å²) in [5, 5.41) is 22.0. The normalized spacial score (nSPS) is 33.3. The summed E-state index contributed by atoms with van der Waals surface area (Å²) in [5.74, 6) is 2.47. The lowest BCUT2D eigenvalue weighted by molar-refractivity contribution is -0.0778. The van der Waals surface area contributed by atoms with Crippen LogP contribution in [0.1, 0.15) is 13.2 Å². The third-order valence-electron chi connectivity index (χ3n) is 3.34. The highest BCUT2D eigenvalue weighted by molar-refractivity contribution is 6.30. The summed E-state index contributed by atoms with van der Waals surface area (Å²) >= 11 is 5.39. The van der Waals surface area contributed by atoms with E-state index >= 15 is 0 Å². The summed E-state index contributed by atoms with van der Waals surface area (Å²) in [6.07, 6.45) is -3.24. The Kier molecular flexibility index (Phi) is 4.22. The molecule has 5 atom stereocenters. The van der Waals surface area contributed by atoms with Crippen molar-refractivity contribution in [3.8, 4) is 11.3 Å². The maximum Gasteiger partial charge on any atom is 0.351 e. The standard InChI is InChI=1S/C12H15ClN4O4/c1-6(18)8-9(19)12(15,3-4-13)10(21-8)17-5-2-7(14)16-11(17)20/h2,5-6,8-10,18-19H,15H2,1H3,(H2,14,16,20)/t6-,8+,9-,10+,12?/m0/s1. The molecular formula is C12H15ClN4O4. The molecule has 114 valence electrons. The summed E-state index contributed by atoms with van der Waals surface area (Å²) in [7, 11) is 0. The Labute approximate surface area is 125 Å². The van der Waals surface area contributed by atoms with E-state index in [0.29, 0.717) is 0 Å². The minimum atomic E-state index is -1.68. The molecule has 0 bridgehead atoms. The third kappa shape index (κ3) is 2.62. The molecule has 1 aliphatic heterocycles. The van der Waals surface area contributed by atoms with E-state index in [9.17, 15) is 15.0 Å². The van der Waals surface area contributed by atoms with Crippen molar-refractivity contribution in [1.82, 2.24) is 9.55 Å². The largest absolute Gasteiger partial charge is 0.391 e. The third-order valence-corrected chi connectivity index (χ3v) is 3.43. The number of aliphatic hydroxyl groups is 2. The van der Waals surface area contributed by atoms with Crippen LogP contribution in [0, 0.1) is 11.3 Å². The van der Waals surface area contributed by atoms with Crippen molar-refractivity contribution in [3.63, 3.8) is 0 Å². The number of aromatic nitrogens is 2. The SMILES string of the molecule is C[C@H](O)[C@H]1O[C@@H](n2ccc(N)nc2=O)C(N)(C#CCl)[C@H]1O. The van der Waals surface area contributed by atoms with Gasteiger partial charge in [-0.05, 0) is 24.6 Å². The summed E-state index contributed by atoms with van der Waals surface area (Å²) in [6, 6.07) is 1.38. The van der Waals surface area contributed by atoms with Crippen molar-refractivity contribution in [3.05, 3.63) is 22.7 Å². The van der Waals surface area contributed by atoms with Gasteiger partial charge in [0.05, 0.1) is 6.10 Å². The van der Waals surface area contributed by atoms with Crippen molar-refractivity contribution in [2.45, 2.75) is 37.0 Å². The number of nitrogens with two attached hydrogens (primary N) is 2. The zero-order valence-corrected chi connectivity index (χ0v) is 11.9. The molecule has 2 heterocycles. The predicted octanol–water partition coefficient (Wildman–Crippen LogP) is -1.64. The van der Waals surface area contributed by atoms with Crippen LogP contribution in [0.5, 0.6) is 0 Å². The van der Waals surface area contributed by atoms with Crippen molar-refractivity contribution in [1.29, 1.82) is 0 Å². The van der Waals surface area contributed by atoms with Gasteiger partial charge in [0.25, 0.3) is 0 Å². The number of aliphatic hydroxyl groups excluding tert-OH is 2. The number of hydrogen-bond donors (Lipinski definition) is 4. The van der Waals surface area contributed by atoms with Crippen LogP contribution in [0.2, 0.25) is 0 Å². The lowest BCUT2D eigenvalue weighted by Gasteiger charge is -2.27. The van der Waals surface area contributed by atoms with Gasteiger partial charge in [-0.25, -0.2) is 4.79 Å². The maximum atomic E-state index is 11.9. The second kappa shape index (κ2) is 5.63. The van der Waals surface area contributed by atoms with E-state index in [-0.39, 0.29) is 5.82 Å². The van der Waals surface area contributed by atoms with Gasteiger partial charge in [-0.3, -0.25) is 4.57 Å². The number of nitrogen functional groups attached to an aromatic ring is 1. The van der Waals surface area contributed by atoms with Crippen molar-refractivity contribution in [2.24, 2.45) is 5.73 Å². The van der Waals surface area contributed by atoms with E-state index < -0.39 is 35.8 Å². The fraction of sp³-hybridized carbons (Fsp3) is 0.500. The van der Waals surface area contributed by atoms with Crippen molar-refractivity contribution >= 4 is 17.4 Å². The molecule has 0 aromatic carbocycles. The van der Waals surface area contributed by atoms with Crippen LogP contribution in [0.25, 0.3) is 0 Å². The molecule has 8 nitrogen and oxygen atoms in total. The number of halogens is 1. The lowest BCUT2D eigenvalue weighted by Crippen LogP contribution is -2.55. The molecule has 21 heavy (non-hydrogen) atoms. The Morgan fingerprint density at radius 3 is 2.86 bits per heavy atom. The highest BCUT2D eigenvalue weighted by atomic mass is 35.5. The Hall–Kier alpha value is -1.63. The van der Waals surface area contributed by atoms with Gasteiger partial charge in [0.15, 0.2) is 11.8 Å². The molecule has 9 heteroatoms. The molecule has 1 saturated heterocycles. The molecule has 1 aromatic rings. The summed E-state index contributed by atoms with van der Waals surface area (Å²) in [6.45, 7) is 1.43. The van der Waals surface area contributed by atoms with Crippen LogP contribution in [0.4, 0.5) is 5.82 Å². The number of hydrogen-bond acceptors (Lipinski definition) is 7. The lowest BCUT2D eigenvalue weighted by atomic mass is 9.90. The van der Waals surface area contributed by atoms with Gasteiger partial charge < -0.3 is 26.4 Å². The van der Waals surface area contributed by atoms with Crippen molar-refractivity contribution in [2.75, 3.05) is 5.73 Å². The quantitative estimate of drug-likeness (QED) is 0.481. The summed E-state index contributed by atoms with van der Waals surface area (Å²) in [5.41, 5.74) is 9.09. The molecule has 0 amide bonds. The van der Waals surface area contributed by atoms with Crippen molar-refractivity contribution < 1.29 is 14.9 Å². The summed E-state index contributed by atoms with van der Waals surface area (Å²) < 4.78 is 6.55. The van der Waals surface area contributed by atoms with Crippen LogP contribution in [0.15, 0.2) is 17.1 Å². The molecule has 1 aromatic heterocycles. The fourth-order valence-electron chi connectivity index (χ4n) is 2.25. The van der Waals surface area contributed by atoms with E-state index in [0.717, 1.165) is 4.57 Å². The van der Waals surface area contributed by atoms with Gasteiger partial charge in [-0.1, -0.05) is 5.92 Å². The predicted molar refractivity (Wildman–Crippen MR) is 75.1 cm³/mol. The van der Waals surface area contributed by atoms with Gasteiger partial charge in [0, 0.05) is 11.6 Å². The average Bonchev–Trinajstić information content (AvgIpc) is 2.64. The molecule has 0 radical (unpaired) electrons. The first kappa shape index (κ1) is 15.8. The molecule has 0 aliphatic carbocycles. The highest BCUT2D eigenvalue weighted by Gasteiger charge is 2.55. The second-order valence-electron chi connectivity index (χ2n) is 4.83. The number of nitrogens with zero attached hydrogens (tertiary/aromatic N) is 2. The Morgan fingerprint density at radius 1 is 1.67 bits per heavy atom. The molecule has 1 aliphatic rings. The zero-order chi connectivity index (χ0) is 15.8. The molecule has 6 N–H and O–H groups in total. The summed E-state index contributed by atoms with van der Waals surface area (Å²) in [4.78, 5) is 15.5. The number of ether oxygens (including phenoxy) is 1. The smallest absolute Gasteiger partial charge is 0.351 e. The van der Waals surface area contributed by atoms with Crippen LogP contribution in [-0.4, -0.2) is 43.6 Å². The van der Waals surface area contributed by atoms with E-state index in [1.165, 1.54) is 19.2 Å². The van der Waals surface area contributed by atoms with Crippen LogP contribution >= 0.6 is 11.6 Å². The first-order valence-electron chi connectivity index (χ1n) is 6.09. The Morgan fingerprint density at radius 2 is 2.33 bits per heavy atom. The van der Waals surface area contributed by atoms with Crippen LogP contribution in [0.3, 0.4) is 0 Å². The van der Waals surface area contributed by atoms with E-state index in [1.807, 2.05) is 0 Å². The van der Waals surface area contributed by atoms with Crippen LogP contribution < -0.4 is 17.2 Å². The van der Waals surface area contributed by atoms with Gasteiger partial charge in [-0.2, -0.15) is 4.98 Å². The molecule has 2 rings (SSSR count). The second-order valence-corrected chi connectivity index (χ2v) is 5.02. The van der Waals surface area contributed by atoms with E-state index in [2.05, 4.69) is 16.3 Å². The zero-order valence-electron chi connectivity index (χ0n) is 11.1. The van der Waals surface area contributed by atoms with E-state index in [1.54, 1.807) is 0 Å². The van der Waals surface area contributed by atoms with Gasteiger partial charge >= 0.3 is 5.69 Å². The molecular weight excluding hydrogens is 300 g/mol. The first-order chi connectivity index (χ1) is 9.81. The Balaban J connectivity index is 2.54. The first-order valence-corrected chi connectivity index (χ1v) is 6.47. The van der Waals surface area contributed by atoms with E-state index in [4.69, 9.17) is 27.8 Å². The molecule has 1 fully saturated rings.